The number of amides is 2. The van der Waals surface area contributed by atoms with E-state index < -0.39 is 0 Å². The van der Waals surface area contributed by atoms with Crippen molar-refractivity contribution in [2.45, 2.75) is 32.4 Å². The molecule has 1 heterocycles. The molecule has 0 bridgehead atoms. The first-order chi connectivity index (χ1) is 11.1. The normalized spacial score (nSPS) is 17.1. The molecule has 1 aliphatic heterocycles. The highest BCUT2D eigenvalue weighted by molar-refractivity contribution is 5.87. The van der Waals surface area contributed by atoms with Crippen LogP contribution in [0, 0.1) is 0 Å². The molecule has 126 valence electrons. The quantitative estimate of drug-likeness (QED) is 0.770. The van der Waals surface area contributed by atoms with Crippen molar-refractivity contribution in [3.8, 4) is 5.75 Å². The van der Waals surface area contributed by atoms with Gasteiger partial charge in [0.25, 0.3) is 0 Å². The number of nitrogens with zero attached hydrogens (tertiary/aromatic N) is 1. The highest BCUT2D eigenvalue weighted by Gasteiger charge is 2.31. The second kappa shape index (κ2) is 8.53. The largest absolute Gasteiger partial charge is 0.491 e. The Balaban J connectivity index is 1.81. The van der Waals surface area contributed by atoms with Gasteiger partial charge in [0.05, 0.1) is 6.61 Å². The van der Waals surface area contributed by atoms with Crippen LogP contribution in [0.5, 0.6) is 5.75 Å². The average Bonchev–Trinajstić information content (AvgIpc) is 3.04. The Morgan fingerprint density at radius 1 is 1.26 bits per heavy atom. The number of hydrogen-bond acceptors (Lipinski definition) is 4. The number of likely N-dealkylation sites (tertiary alicyclic amines) is 1. The predicted molar refractivity (Wildman–Crippen MR) is 86.1 cm³/mol. The lowest BCUT2D eigenvalue weighted by molar-refractivity contribution is -0.136. The molecule has 1 saturated heterocycles. The molecule has 1 unspecified atom stereocenters. The van der Waals surface area contributed by atoms with Gasteiger partial charge in [-0.15, -0.1) is 0 Å². The van der Waals surface area contributed by atoms with Gasteiger partial charge < -0.3 is 19.7 Å². The fourth-order valence-electron chi connectivity index (χ4n) is 2.67. The fraction of sp³-hybridized carbons (Fsp3) is 0.529. The van der Waals surface area contributed by atoms with Crippen LogP contribution < -0.4 is 10.1 Å². The summed E-state index contributed by atoms with van der Waals surface area (Å²) in [6, 6.07) is 7.24. The SMILES string of the molecule is COCCOc1ccc(CNC(=O)C2CCCN2C(C)=O)cc1. The summed E-state index contributed by atoms with van der Waals surface area (Å²) >= 11 is 0. The predicted octanol–water partition coefficient (Wildman–Crippen LogP) is 1.34. The third-order valence-corrected chi connectivity index (χ3v) is 3.91. The van der Waals surface area contributed by atoms with E-state index in [0.717, 1.165) is 24.2 Å². The third kappa shape index (κ3) is 4.96. The van der Waals surface area contributed by atoms with Crippen LogP contribution in [0.25, 0.3) is 0 Å². The highest BCUT2D eigenvalue weighted by Crippen LogP contribution is 2.18. The molecule has 1 N–H and O–H groups in total. The average molecular weight is 320 g/mol. The molecule has 0 aliphatic carbocycles. The molecule has 23 heavy (non-hydrogen) atoms. The summed E-state index contributed by atoms with van der Waals surface area (Å²) in [5.74, 6) is 0.647. The van der Waals surface area contributed by atoms with Gasteiger partial charge in [-0.2, -0.15) is 0 Å². The number of rotatable bonds is 7. The Kier molecular flexibility index (Phi) is 6.40. The standard InChI is InChI=1S/C17H24N2O4/c1-13(20)19-9-3-4-16(19)17(21)18-12-14-5-7-15(8-6-14)23-11-10-22-2/h5-8,16H,3-4,9-12H2,1-2H3,(H,18,21). The van der Waals surface area contributed by atoms with E-state index in [-0.39, 0.29) is 17.9 Å². The van der Waals surface area contributed by atoms with Crippen molar-refractivity contribution in [1.82, 2.24) is 10.2 Å². The fourth-order valence-corrected chi connectivity index (χ4v) is 2.67. The van der Waals surface area contributed by atoms with E-state index in [1.165, 1.54) is 6.92 Å². The molecule has 1 aliphatic rings. The first-order valence-electron chi connectivity index (χ1n) is 7.87. The van der Waals surface area contributed by atoms with E-state index in [9.17, 15) is 9.59 Å². The maximum Gasteiger partial charge on any atom is 0.243 e. The van der Waals surface area contributed by atoms with Gasteiger partial charge in [-0.3, -0.25) is 9.59 Å². The van der Waals surface area contributed by atoms with Crippen LogP contribution in [0.2, 0.25) is 0 Å². The molecule has 0 spiro atoms. The van der Waals surface area contributed by atoms with Crippen LogP contribution in [0.4, 0.5) is 0 Å². The van der Waals surface area contributed by atoms with Crippen molar-refractivity contribution in [2.75, 3.05) is 26.9 Å². The summed E-state index contributed by atoms with van der Waals surface area (Å²) in [6.45, 7) is 3.68. The summed E-state index contributed by atoms with van der Waals surface area (Å²) in [5, 5.41) is 2.90. The molecule has 0 radical (unpaired) electrons. The number of hydrogen-bond donors (Lipinski definition) is 1. The van der Waals surface area contributed by atoms with E-state index in [2.05, 4.69) is 5.32 Å². The molecule has 0 aromatic heterocycles. The van der Waals surface area contributed by atoms with E-state index in [1.54, 1.807) is 12.0 Å². The summed E-state index contributed by atoms with van der Waals surface area (Å²) in [4.78, 5) is 25.4. The minimum absolute atomic E-state index is 0.0415. The highest BCUT2D eigenvalue weighted by atomic mass is 16.5. The van der Waals surface area contributed by atoms with Crippen molar-refractivity contribution in [3.63, 3.8) is 0 Å². The first kappa shape index (κ1) is 17.3. The van der Waals surface area contributed by atoms with Crippen molar-refractivity contribution in [2.24, 2.45) is 0 Å². The van der Waals surface area contributed by atoms with Crippen molar-refractivity contribution in [1.29, 1.82) is 0 Å². The van der Waals surface area contributed by atoms with E-state index >= 15 is 0 Å². The monoisotopic (exact) mass is 320 g/mol. The second-order valence-corrected chi connectivity index (χ2v) is 5.57. The summed E-state index contributed by atoms with van der Waals surface area (Å²) in [6.07, 6.45) is 1.61. The molecule has 1 aromatic carbocycles. The van der Waals surface area contributed by atoms with Gasteiger partial charge in [-0.05, 0) is 30.5 Å². The lowest BCUT2D eigenvalue weighted by Crippen LogP contribution is -2.44. The van der Waals surface area contributed by atoms with Crippen molar-refractivity contribution in [3.05, 3.63) is 29.8 Å². The number of ether oxygens (including phenoxy) is 2. The minimum Gasteiger partial charge on any atom is -0.491 e. The number of methoxy groups -OCH3 is 1. The Morgan fingerprint density at radius 2 is 2.00 bits per heavy atom. The van der Waals surface area contributed by atoms with Crippen LogP contribution in [0.1, 0.15) is 25.3 Å². The number of nitrogens with one attached hydrogen (secondary N) is 1. The molecular formula is C17H24N2O4. The van der Waals surface area contributed by atoms with Gasteiger partial charge in [0.1, 0.15) is 18.4 Å². The van der Waals surface area contributed by atoms with Crippen LogP contribution in [-0.4, -0.2) is 49.6 Å². The van der Waals surface area contributed by atoms with Crippen LogP contribution >= 0.6 is 0 Å². The van der Waals surface area contributed by atoms with Crippen molar-refractivity contribution < 1.29 is 19.1 Å². The number of carbonyl (C=O) groups excluding carboxylic acids is 2. The van der Waals surface area contributed by atoms with Crippen LogP contribution in [0.15, 0.2) is 24.3 Å². The van der Waals surface area contributed by atoms with Crippen LogP contribution in [-0.2, 0) is 20.9 Å². The van der Waals surface area contributed by atoms with Crippen LogP contribution in [0.3, 0.4) is 0 Å². The zero-order valence-corrected chi connectivity index (χ0v) is 13.7. The molecule has 0 saturated carbocycles. The van der Waals surface area contributed by atoms with E-state index in [1.807, 2.05) is 24.3 Å². The first-order valence-corrected chi connectivity index (χ1v) is 7.87. The number of carbonyl (C=O) groups is 2. The molecule has 1 fully saturated rings. The minimum atomic E-state index is -0.329. The van der Waals surface area contributed by atoms with Gasteiger partial charge in [-0.1, -0.05) is 12.1 Å². The van der Waals surface area contributed by atoms with E-state index in [0.29, 0.717) is 26.3 Å². The molecule has 6 heteroatoms. The van der Waals surface area contributed by atoms with E-state index in [4.69, 9.17) is 9.47 Å². The maximum absolute atomic E-state index is 12.2. The smallest absolute Gasteiger partial charge is 0.243 e. The summed E-state index contributed by atoms with van der Waals surface area (Å²) in [5.41, 5.74) is 0.991. The lowest BCUT2D eigenvalue weighted by atomic mass is 10.2. The summed E-state index contributed by atoms with van der Waals surface area (Å²) < 4.78 is 10.4. The van der Waals surface area contributed by atoms with Gasteiger partial charge in [0.15, 0.2) is 0 Å². The van der Waals surface area contributed by atoms with Crippen molar-refractivity contribution >= 4 is 11.8 Å². The number of benzene rings is 1. The Hall–Kier alpha value is -2.08. The second-order valence-electron chi connectivity index (χ2n) is 5.57. The molecule has 1 atom stereocenters. The molecule has 2 rings (SSSR count). The molecule has 2 amide bonds. The topological polar surface area (TPSA) is 67.9 Å². The lowest BCUT2D eigenvalue weighted by Gasteiger charge is -2.22. The molecular weight excluding hydrogens is 296 g/mol. The Bertz CT molecular complexity index is 530. The maximum atomic E-state index is 12.2. The Morgan fingerprint density at radius 3 is 2.65 bits per heavy atom. The van der Waals surface area contributed by atoms with Gasteiger partial charge in [-0.25, -0.2) is 0 Å². The summed E-state index contributed by atoms with van der Waals surface area (Å²) in [7, 11) is 1.63. The third-order valence-electron chi connectivity index (χ3n) is 3.91. The molecule has 6 nitrogen and oxygen atoms in total. The van der Waals surface area contributed by atoms with Gasteiger partial charge in [0, 0.05) is 27.1 Å². The Labute approximate surface area is 136 Å². The zero-order chi connectivity index (χ0) is 16.7. The molecule has 1 aromatic rings. The van der Waals surface area contributed by atoms with Gasteiger partial charge in [0.2, 0.25) is 11.8 Å². The van der Waals surface area contributed by atoms with Gasteiger partial charge >= 0.3 is 0 Å². The zero-order valence-electron chi connectivity index (χ0n) is 13.7.